The fourth-order valence-corrected chi connectivity index (χ4v) is 3.99. The van der Waals surface area contributed by atoms with Crippen molar-refractivity contribution in [2.45, 2.75) is 78.4 Å². The highest BCUT2D eigenvalue weighted by Gasteiger charge is 2.47. The van der Waals surface area contributed by atoms with E-state index in [-0.39, 0.29) is 24.0 Å². The van der Waals surface area contributed by atoms with Crippen molar-refractivity contribution in [3.05, 3.63) is 23.8 Å². The van der Waals surface area contributed by atoms with Gasteiger partial charge in [0.2, 0.25) is 0 Å². The molecule has 0 spiro atoms. The Bertz CT molecular complexity index is 633. The summed E-state index contributed by atoms with van der Waals surface area (Å²) in [7, 11) is 0. The van der Waals surface area contributed by atoms with Gasteiger partial charge in [0.15, 0.2) is 0 Å². The number of rotatable bonds is 1. The first kappa shape index (κ1) is 21.4. The van der Waals surface area contributed by atoms with Crippen LogP contribution in [0.3, 0.4) is 0 Å². The molecule has 1 aliphatic carbocycles. The molecule has 2 aliphatic rings. The summed E-state index contributed by atoms with van der Waals surface area (Å²) in [4.78, 5) is 36.6. The number of ketones is 1. The topological polar surface area (TPSA) is 69.7 Å². The van der Waals surface area contributed by atoms with Crippen molar-refractivity contribution in [3.8, 4) is 0 Å². The van der Waals surface area contributed by atoms with Crippen molar-refractivity contribution in [3.63, 3.8) is 0 Å². The fourth-order valence-electron chi connectivity index (χ4n) is 3.99. The lowest BCUT2D eigenvalue weighted by molar-refractivity contribution is -0.165. The molecule has 0 aromatic heterocycles. The van der Waals surface area contributed by atoms with E-state index in [9.17, 15) is 14.4 Å². The number of fused-ring (bicyclic) bond motifs is 1. The Labute approximate surface area is 162 Å². The first-order valence-electron chi connectivity index (χ1n) is 9.96. The van der Waals surface area contributed by atoms with E-state index in [1.165, 1.54) is 12.5 Å². The molecule has 0 aromatic carbocycles. The molecule has 5 atom stereocenters. The van der Waals surface area contributed by atoms with Crippen LogP contribution in [0.1, 0.15) is 66.2 Å². The summed E-state index contributed by atoms with van der Waals surface area (Å²) in [6, 6.07) is 0. The molecule has 0 amide bonds. The van der Waals surface area contributed by atoms with Gasteiger partial charge in [-0.25, -0.2) is 4.79 Å². The molecule has 0 radical (unpaired) electrons. The summed E-state index contributed by atoms with van der Waals surface area (Å²) in [5.74, 6) is -1.30. The zero-order valence-corrected chi connectivity index (χ0v) is 17.0. The molecular formula is C22H32O5. The van der Waals surface area contributed by atoms with Crippen LogP contribution in [-0.4, -0.2) is 29.9 Å². The minimum atomic E-state index is -0.639. The molecule has 1 aliphatic heterocycles. The zero-order chi connectivity index (χ0) is 20.1. The summed E-state index contributed by atoms with van der Waals surface area (Å²) >= 11 is 0. The first-order valence-corrected chi connectivity index (χ1v) is 9.96. The summed E-state index contributed by atoms with van der Waals surface area (Å²) in [6.07, 6.45) is 5.68. The zero-order valence-electron chi connectivity index (χ0n) is 17.0. The molecule has 0 aromatic rings. The van der Waals surface area contributed by atoms with Gasteiger partial charge >= 0.3 is 11.9 Å². The summed E-state index contributed by atoms with van der Waals surface area (Å²) in [5, 5.41) is 0. The fraction of sp³-hybridized carbons (Fsp3) is 0.682. The van der Waals surface area contributed by atoms with Gasteiger partial charge in [-0.05, 0) is 44.9 Å². The van der Waals surface area contributed by atoms with Gasteiger partial charge in [-0.1, -0.05) is 32.1 Å². The Morgan fingerprint density at radius 1 is 1.26 bits per heavy atom. The average Bonchev–Trinajstić information content (AvgIpc) is 2.86. The second kappa shape index (κ2) is 9.34. The van der Waals surface area contributed by atoms with Gasteiger partial charge < -0.3 is 9.47 Å². The second-order valence-electron chi connectivity index (χ2n) is 8.14. The predicted molar refractivity (Wildman–Crippen MR) is 103 cm³/mol. The van der Waals surface area contributed by atoms with E-state index in [1.807, 2.05) is 13.8 Å². The van der Waals surface area contributed by atoms with Gasteiger partial charge in [-0.3, -0.25) is 9.59 Å². The lowest BCUT2D eigenvalue weighted by Crippen LogP contribution is -2.41. The van der Waals surface area contributed by atoms with Gasteiger partial charge in [0, 0.05) is 30.8 Å². The van der Waals surface area contributed by atoms with Crippen molar-refractivity contribution in [1.82, 2.24) is 0 Å². The smallest absolute Gasteiger partial charge is 0.334 e. The SMILES string of the molecule is C=C1C(=O)O[C@@H]2C1CC(=O)C(C)CC/C=C(\C)CCC[C@H](C)[C@H]2OC(C)=O. The number of carbonyl (C=O) groups excluding carboxylic acids is 3. The molecule has 0 saturated carbocycles. The second-order valence-corrected chi connectivity index (χ2v) is 8.14. The number of ether oxygens (including phenoxy) is 2. The monoisotopic (exact) mass is 376 g/mol. The molecule has 0 N–H and O–H groups in total. The third-order valence-corrected chi connectivity index (χ3v) is 5.83. The van der Waals surface area contributed by atoms with E-state index < -0.39 is 30.1 Å². The Kier molecular flexibility index (Phi) is 7.40. The standard InChI is InChI=1S/C22H32O5/c1-13-8-6-10-14(2)19(24)12-18-16(4)22(25)27-21(18)20(26-17(5)23)15(3)11-7-9-13/h8,14-15,18,20-21H,4,6-7,9-12H2,1-3,5H3/b13-8+/t14?,15-,18?,20+,21+/m0/s1. The number of esters is 2. The maximum atomic E-state index is 12.7. The Morgan fingerprint density at radius 3 is 2.63 bits per heavy atom. The van der Waals surface area contributed by atoms with E-state index in [2.05, 4.69) is 19.6 Å². The minimum absolute atomic E-state index is 0.0170. The van der Waals surface area contributed by atoms with Gasteiger partial charge in [0.05, 0.1) is 0 Å². The van der Waals surface area contributed by atoms with Crippen molar-refractivity contribution in [2.75, 3.05) is 0 Å². The van der Waals surface area contributed by atoms with E-state index in [0.717, 1.165) is 32.1 Å². The maximum Gasteiger partial charge on any atom is 0.334 e. The lowest BCUT2D eigenvalue weighted by Gasteiger charge is -2.31. The molecule has 1 saturated heterocycles. The summed E-state index contributed by atoms with van der Waals surface area (Å²) in [5.41, 5.74) is 1.63. The van der Waals surface area contributed by atoms with Gasteiger partial charge in [0.1, 0.15) is 18.0 Å². The van der Waals surface area contributed by atoms with Crippen molar-refractivity contribution < 1.29 is 23.9 Å². The van der Waals surface area contributed by atoms with E-state index in [4.69, 9.17) is 9.47 Å². The Balaban J connectivity index is 2.33. The summed E-state index contributed by atoms with van der Waals surface area (Å²) in [6.45, 7) is 11.3. The van der Waals surface area contributed by atoms with E-state index in [0.29, 0.717) is 5.57 Å². The van der Waals surface area contributed by atoms with Crippen LogP contribution in [0.4, 0.5) is 0 Å². The third kappa shape index (κ3) is 5.53. The molecule has 150 valence electrons. The molecule has 5 heteroatoms. The highest BCUT2D eigenvalue weighted by molar-refractivity contribution is 5.93. The van der Waals surface area contributed by atoms with Gasteiger partial charge in [0.25, 0.3) is 0 Å². The number of carbonyl (C=O) groups is 3. The van der Waals surface area contributed by atoms with Crippen LogP contribution >= 0.6 is 0 Å². The highest BCUT2D eigenvalue weighted by atomic mass is 16.6. The number of hydrogen-bond acceptors (Lipinski definition) is 5. The molecule has 2 rings (SSSR count). The first-order chi connectivity index (χ1) is 12.7. The average molecular weight is 376 g/mol. The highest BCUT2D eigenvalue weighted by Crippen LogP contribution is 2.37. The quantitative estimate of drug-likeness (QED) is 0.390. The molecular weight excluding hydrogens is 344 g/mol. The largest absolute Gasteiger partial charge is 0.458 e. The van der Waals surface area contributed by atoms with Gasteiger partial charge in [-0.15, -0.1) is 0 Å². The van der Waals surface area contributed by atoms with Crippen LogP contribution in [0.15, 0.2) is 23.8 Å². The minimum Gasteiger partial charge on any atom is -0.458 e. The number of allylic oxidation sites excluding steroid dienone is 2. The molecule has 2 unspecified atom stereocenters. The van der Waals surface area contributed by atoms with Crippen LogP contribution in [-0.2, 0) is 23.9 Å². The third-order valence-electron chi connectivity index (χ3n) is 5.83. The molecule has 1 fully saturated rings. The van der Waals surface area contributed by atoms with Crippen LogP contribution in [0.2, 0.25) is 0 Å². The van der Waals surface area contributed by atoms with E-state index in [1.54, 1.807) is 0 Å². The Morgan fingerprint density at radius 2 is 1.96 bits per heavy atom. The van der Waals surface area contributed by atoms with Crippen LogP contribution in [0, 0.1) is 17.8 Å². The number of Topliss-reactive ketones (excluding diaryl/α,β-unsaturated/α-hetero) is 1. The molecule has 27 heavy (non-hydrogen) atoms. The lowest BCUT2D eigenvalue weighted by atomic mass is 9.81. The maximum absolute atomic E-state index is 12.7. The van der Waals surface area contributed by atoms with Crippen LogP contribution in [0.25, 0.3) is 0 Å². The van der Waals surface area contributed by atoms with Gasteiger partial charge in [-0.2, -0.15) is 0 Å². The Hall–Kier alpha value is -1.91. The molecule has 1 heterocycles. The van der Waals surface area contributed by atoms with Crippen LogP contribution < -0.4 is 0 Å². The predicted octanol–water partition coefficient (Wildman–Crippen LogP) is 4.16. The van der Waals surface area contributed by atoms with Crippen molar-refractivity contribution in [2.24, 2.45) is 17.8 Å². The van der Waals surface area contributed by atoms with Crippen LogP contribution in [0.5, 0.6) is 0 Å². The number of hydrogen-bond donors (Lipinski definition) is 0. The van der Waals surface area contributed by atoms with E-state index >= 15 is 0 Å². The summed E-state index contributed by atoms with van der Waals surface area (Å²) < 4.78 is 11.1. The molecule has 5 nitrogen and oxygen atoms in total. The van der Waals surface area contributed by atoms with Crippen molar-refractivity contribution >= 4 is 17.7 Å². The molecule has 0 bridgehead atoms. The van der Waals surface area contributed by atoms with Crippen molar-refractivity contribution in [1.29, 1.82) is 0 Å². The normalized spacial score (nSPS) is 35.5.